The van der Waals surface area contributed by atoms with Gasteiger partial charge in [0.05, 0.1) is 17.7 Å². The van der Waals surface area contributed by atoms with Gasteiger partial charge < -0.3 is 20.8 Å². The molecule has 3 aromatic rings. The quantitative estimate of drug-likeness (QED) is 0.163. The summed E-state index contributed by atoms with van der Waals surface area (Å²) in [5.41, 5.74) is 3.43. The summed E-state index contributed by atoms with van der Waals surface area (Å²) in [4.78, 5) is 22.8. The number of aromatic nitrogens is 2. The molecule has 0 saturated carbocycles. The topological polar surface area (TPSA) is 141 Å². The number of amides is 1. The Bertz CT molecular complexity index is 1390. The Balaban J connectivity index is 1.67. The average Bonchev–Trinajstić information content (AvgIpc) is 3.15. The number of carbonyl (C=O) groups excluding carboxylic acids is 1. The molecule has 0 fully saturated rings. The number of carbonyl (C=O) groups is 2. The molecule has 1 aromatic heterocycles. The molecule has 1 heterocycles. The zero-order chi connectivity index (χ0) is 28.0. The summed E-state index contributed by atoms with van der Waals surface area (Å²) in [7, 11) is 1.54. The predicted molar refractivity (Wildman–Crippen MR) is 138 cm³/mol. The summed E-state index contributed by atoms with van der Waals surface area (Å²) in [6.45, 7) is 1.54. The Labute approximate surface area is 220 Å². The molecule has 200 valence electrons. The molecule has 0 aliphatic rings. The zero-order valence-corrected chi connectivity index (χ0v) is 20.9. The van der Waals surface area contributed by atoms with Crippen molar-refractivity contribution in [3.8, 4) is 17.0 Å². The van der Waals surface area contributed by atoms with Crippen molar-refractivity contribution in [3.05, 3.63) is 65.4 Å². The number of alkyl halides is 3. The van der Waals surface area contributed by atoms with Gasteiger partial charge in [-0.1, -0.05) is 18.2 Å². The van der Waals surface area contributed by atoms with Crippen molar-refractivity contribution in [2.45, 2.75) is 19.5 Å². The average molecular weight is 549 g/mol. The van der Waals surface area contributed by atoms with Gasteiger partial charge in [-0.15, -0.1) is 0 Å². The number of rotatable bonds is 8. The number of benzene rings is 2. The molecule has 0 aliphatic carbocycles. The van der Waals surface area contributed by atoms with E-state index in [9.17, 15) is 27.9 Å². The lowest BCUT2D eigenvalue weighted by atomic mass is 10.1. The van der Waals surface area contributed by atoms with E-state index in [-0.39, 0.29) is 46.5 Å². The third kappa shape index (κ3) is 7.06. The van der Waals surface area contributed by atoms with Gasteiger partial charge in [0.15, 0.2) is 16.6 Å². The molecule has 38 heavy (non-hydrogen) atoms. The van der Waals surface area contributed by atoms with Crippen molar-refractivity contribution in [1.82, 2.24) is 20.5 Å². The van der Waals surface area contributed by atoms with Gasteiger partial charge in [-0.05, 0) is 49.5 Å². The van der Waals surface area contributed by atoms with Crippen molar-refractivity contribution >= 4 is 40.6 Å². The number of hydrazone groups is 1. The largest absolute Gasteiger partial charge is 0.504 e. The van der Waals surface area contributed by atoms with E-state index in [1.54, 1.807) is 25.1 Å². The summed E-state index contributed by atoms with van der Waals surface area (Å²) in [6, 6.07) is 10.7. The molecule has 5 N–H and O–H groups in total. The maximum Gasteiger partial charge on any atom is 0.416 e. The first-order chi connectivity index (χ1) is 17.9. The normalized spacial score (nSPS) is 11.7. The number of carboxylic acid groups (broad SMARTS) is 1. The Kier molecular flexibility index (Phi) is 8.68. The SMILES string of the molecule is C/C(=N/NC(=S)Nc1cccc(C(=O)NCCC(=O)O)c1)c1nn(C)c(-c2ccc(C(F)(F)F)cc2)c1O. The molecule has 0 spiro atoms. The minimum atomic E-state index is -4.48. The highest BCUT2D eigenvalue weighted by Gasteiger charge is 2.30. The van der Waals surface area contributed by atoms with Gasteiger partial charge in [-0.3, -0.25) is 19.7 Å². The molecule has 10 nitrogen and oxygen atoms in total. The van der Waals surface area contributed by atoms with Crippen molar-refractivity contribution in [3.63, 3.8) is 0 Å². The molecule has 0 aliphatic heterocycles. The van der Waals surface area contributed by atoms with E-state index in [2.05, 4.69) is 26.3 Å². The number of hydrogen-bond donors (Lipinski definition) is 5. The smallest absolute Gasteiger partial charge is 0.416 e. The van der Waals surface area contributed by atoms with Crippen LogP contribution in [0.4, 0.5) is 18.9 Å². The van der Waals surface area contributed by atoms with E-state index in [1.807, 2.05) is 0 Å². The zero-order valence-electron chi connectivity index (χ0n) is 20.1. The molecule has 1 amide bonds. The molecular formula is C24H23F3N6O4S. The van der Waals surface area contributed by atoms with Gasteiger partial charge in [0.2, 0.25) is 0 Å². The Morgan fingerprint density at radius 1 is 1.16 bits per heavy atom. The Hall–Kier alpha value is -4.46. The number of thiocarbonyl (C=S) groups is 1. The summed E-state index contributed by atoms with van der Waals surface area (Å²) in [5.74, 6) is -1.74. The maximum atomic E-state index is 12.9. The fourth-order valence-corrected chi connectivity index (χ4v) is 3.53. The van der Waals surface area contributed by atoms with Crippen LogP contribution >= 0.6 is 12.2 Å². The van der Waals surface area contributed by atoms with Crippen molar-refractivity contribution in [1.29, 1.82) is 0 Å². The van der Waals surface area contributed by atoms with Crippen LogP contribution in [0.2, 0.25) is 0 Å². The van der Waals surface area contributed by atoms with E-state index < -0.39 is 23.6 Å². The van der Waals surface area contributed by atoms with Crippen molar-refractivity contribution in [2.75, 3.05) is 11.9 Å². The summed E-state index contributed by atoms with van der Waals surface area (Å²) in [5, 5.41) is 33.1. The Morgan fingerprint density at radius 2 is 1.84 bits per heavy atom. The summed E-state index contributed by atoms with van der Waals surface area (Å²) < 4.78 is 39.9. The minimum Gasteiger partial charge on any atom is -0.504 e. The summed E-state index contributed by atoms with van der Waals surface area (Å²) >= 11 is 5.22. The van der Waals surface area contributed by atoms with E-state index in [4.69, 9.17) is 17.3 Å². The van der Waals surface area contributed by atoms with Gasteiger partial charge in [0.1, 0.15) is 5.69 Å². The van der Waals surface area contributed by atoms with Crippen molar-refractivity contribution < 1.29 is 33.0 Å². The first kappa shape index (κ1) is 28.1. The lowest BCUT2D eigenvalue weighted by molar-refractivity contribution is -0.138. The number of aliphatic carboxylic acids is 1. The lowest BCUT2D eigenvalue weighted by Crippen LogP contribution is -2.27. The van der Waals surface area contributed by atoms with Gasteiger partial charge in [-0.2, -0.15) is 23.4 Å². The molecule has 0 saturated heterocycles. The highest BCUT2D eigenvalue weighted by atomic mass is 32.1. The molecule has 2 aromatic carbocycles. The van der Waals surface area contributed by atoms with Gasteiger partial charge in [0.25, 0.3) is 5.91 Å². The van der Waals surface area contributed by atoms with E-state index in [0.717, 1.165) is 12.1 Å². The molecule has 0 unspecified atom stereocenters. The second kappa shape index (κ2) is 11.7. The van der Waals surface area contributed by atoms with Crippen LogP contribution in [0.1, 0.15) is 35.0 Å². The predicted octanol–water partition coefficient (Wildman–Crippen LogP) is 3.73. The minimum absolute atomic E-state index is 0.0132. The monoisotopic (exact) mass is 548 g/mol. The van der Waals surface area contributed by atoms with Crippen LogP contribution in [0.5, 0.6) is 5.75 Å². The van der Waals surface area contributed by atoms with E-state index >= 15 is 0 Å². The van der Waals surface area contributed by atoms with Crippen molar-refractivity contribution in [2.24, 2.45) is 12.1 Å². The summed E-state index contributed by atoms with van der Waals surface area (Å²) in [6.07, 6.45) is -4.68. The number of carboxylic acids is 1. The number of aryl methyl sites for hydroxylation is 1. The number of anilines is 1. The van der Waals surface area contributed by atoms with E-state index in [1.165, 1.54) is 29.9 Å². The molecular weight excluding hydrogens is 525 g/mol. The molecule has 14 heteroatoms. The fourth-order valence-electron chi connectivity index (χ4n) is 3.37. The first-order valence-electron chi connectivity index (χ1n) is 11.0. The second-order valence-corrected chi connectivity index (χ2v) is 8.40. The number of nitrogens with one attached hydrogen (secondary N) is 3. The van der Waals surface area contributed by atoms with Gasteiger partial charge >= 0.3 is 12.1 Å². The lowest BCUT2D eigenvalue weighted by Gasteiger charge is -2.10. The fraction of sp³-hybridized carbons (Fsp3) is 0.208. The highest BCUT2D eigenvalue weighted by molar-refractivity contribution is 7.80. The maximum absolute atomic E-state index is 12.9. The molecule has 3 rings (SSSR count). The highest BCUT2D eigenvalue weighted by Crippen LogP contribution is 2.35. The van der Waals surface area contributed by atoms with Gasteiger partial charge in [-0.25, -0.2) is 0 Å². The first-order valence-corrected chi connectivity index (χ1v) is 11.4. The van der Waals surface area contributed by atoms with Crippen LogP contribution in [-0.4, -0.2) is 49.2 Å². The number of halogens is 3. The standard InChI is InChI=1S/C24H23F3N6O4S/c1-13(19-21(36)20(33(2)32-19)14-6-8-16(9-7-14)24(25,26)27)30-31-23(38)29-17-5-3-4-15(12-17)22(37)28-11-10-18(34)35/h3-9,12,36H,10-11H2,1-2H3,(H,28,37)(H,34,35)(H2,29,31,38)/b30-13-. The molecule has 0 bridgehead atoms. The molecule has 0 radical (unpaired) electrons. The van der Waals surface area contributed by atoms with Crippen LogP contribution in [0.25, 0.3) is 11.3 Å². The van der Waals surface area contributed by atoms with Crippen LogP contribution in [0, 0.1) is 0 Å². The van der Waals surface area contributed by atoms with Crippen LogP contribution in [0.15, 0.2) is 53.6 Å². The number of hydrogen-bond acceptors (Lipinski definition) is 6. The number of aromatic hydroxyl groups is 1. The Morgan fingerprint density at radius 3 is 2.47 bits per heavy atom. The third-order valence-corrected chi connectivity index (χ3v) is 5.38. The van der Waals surface area contributed by atoms with Crippen LogP contribution in [-0.2, 0) is 18.0 Å². The van der Waals surface area contributed by atoms with Crippen LogP contribution in [0.3, 0.4) is 0 Å². The second-order valence-electron chi connectivity index (χ2n) is 7.99. The van der Waals surface area contributed by atoms with E-state index in [0.29, 0.717) is 11.3 Å². The van der Waals surface area contributed by atoms with Crippen LogP contribution < -0.4 is 16.1 Å². The number of nitrogens with zero attached hydrogens (tertiary/aromatic N) is 3. The van der Waals surface area contributed by atoms with Gasteiger partial charge in [0, 0.05) is 30.4 Å². The molecule has 0 atom stereocenters. The third-order valence-electron chi connectivity index (χ3n) is 5.18.